The maximum absolute atomic E-state index is 12.8. The van der Waals surface area contributed by atoms with E-state index in [0.29, 0.717) is 22.7 Å². The van der Waals surface area contributed by atoms with Crippen molar-refractivity contribution in [3.63, 3.8) is 0 Å². The molecule has 1 N–H and O–H groups in total. The van der Waals surface area contributed by atoms with Crippen LogP contribution in [0.5, 0.6) is 0 Å². The lowest BCUT2D eigenvalue weighted by Crippen LogP contribution is -2.23. The molecule has 0 atom stereocenters. The number of rotatable bonds is 6. The van der Waals surface area contributed by atoms with Crippen molar-refractivity contribution >= 4 is 33.0 Å². The molecule has 4 rings (SSSR count). The van der Waals surface area contributed by atoms with E-state index in [1.54, 1.807) is 24.4 Å². The average molecular weight is 454 g/mol. The molecule has 4 aromatic rings. The third kappa shape index (κ3) is 4.78. The average Bonchev–Trinajstić information content (AvgIpc) is 3.22. The Balaban J connectivity index is 1.44. The quantitative estimate of drug-likeness (QED) is 0.474. The van der Waals surface area contributed by atoms with Gasteiger partial charge in [0.15, 0.2) is 9.84 Å². The van der Waals surface area contributed by atoms with Gasteiger partial charge in [0.25, 0.3) is 5.91 Å². The molecule has 0 saturated heterocycles. The van der Waals surface area contributed by atoms with Gasteiger partial charge in [-0.15, -0.1) is 0 Å². The molecule has 0 radical (unpaired) electrons. The fourth-order valence-corrected chi connectivity index (χ4v) is 4.88. The van der Waals surface area contributed by atoms with Gasteiger partial charge in [-0.1, -0.05) is 23.7 Å². The summed E-state index contributed by atoms with van der Waals surface area (Å²) in [5.41, 5.74) is 3.67. The van der Waals surface area contributed by atoms with Gasteiger partial charge in [0.05, 0.1) is 10.6 Å². The first kappa shape index (κ1) is 21.1. The second kappa shape index (κ2) is 8.53. The Morgan fingerprint density at radius 3 is 2.65 bits per heavy atom. The van der Waals surface area contributed by atoms with Crippen LogP contribution in [-0.2, 0) is 22.1 Å². The van der Waals surface area contributed by atoms with Crippen molar-refractivity contribution in [3.05, 3.63) is 100 Å². The van der Waals surface area contributed by atoms with E-state index in [0.717, 1.165) is 16.8 Å². The van der Waals surface area contributed by atoms with E-state index >= 15 is 0 Å². The smallest absolute Gasteiger partial charge is 0.251 e. The van der Waals surface area contributed by atoms with Crippen molar-refractivity contribution < 1.29 is 13.2 Å². The van der Waals surface area contributed by atoms with E-state index in [4.69, 9.17) is 11.6 Å². The van der Waals surface area contributed by atoms with E-state index in [-0.39, 0.29) is 16.6 Å². The molecule has 0 aliphatic carbocycles. The number of imidazole rings is 1. The number of hydrogen-bond donors (Lipinski definition) is 1. The molecule has 0 spiro atoms. The van der Waals surface area contributed by atoms with Crippen molar-refractivity contribution in [2.75, 3.05) is 0 Å². The van der Waals surface area contributed by atoms with Gasteiger partial charge in [-0.2, -0.15) is 0 Å². The van der Waals surface area contributed by atoms with Gasteiger partial charge >= 0.3 is 0 Å². The lowest BCUT2D eigenvalue weighted by molar-refractivity contribution is 0.0950. The van der Waals surface area contributed by atoms with Gasteiger partial charge in [-0.05, 0) is 66.1 Å². The van der Waals surface area contributed by atoms with Crippen molar-refractivity contribution in [1.82, 2.24) is 14.7 Å². The first-order valence-corrected chi connectivity index (χ1v) is 11.6. The minimum absolute atomic E-state index is 0.151. The molecule has 0 bridgehead atoms. The van der Waals surface area contributed by atoms with Crippen LogP contribution in [0.4, 0.5) is 0 Å². The number of nitrogens with one attached hydrogen (secondary N) is 1. The maximum atomic E-state index is 12.8. The minimum Gasteiger partial charge on any atom is -0.348 e. The minimum atomic E-state index is -3.56. The van der Waals surface area contributed by atoms with Crippen LogP contribution in [0, 0.1) is 6.92 Å². The Kier molecular flexibility index (Phi) is 5.80. The number of pyridine rings is 1. The molecular formula is C23H20ClN3O3S. The Morgan fingerprint density at radius 2 is 1.87 bits per heavy atom. The van der Waals surface area contributed by atoms with Gasteiger partial charge in [-0.3, -0.25) is 4.79 Å². The lowest BCUT2D eigenvalue weighted by Gasteiger charge is -2.09. The molecular weight excluding hydrogens is 434 g/mol. The predicted molar refractivity (Wildman–Crippen MR) is 120 cm³/mol. The Labute approximate surface area is 185 Å². The van der Waals surface area contributed by atoms with Gasteiger partial charge in [0.2, 0.25) is 0 Å². The van der Waals surface area contributed by atoms with Crippen molar-refractivity contribution in [2.45, 2.75) is 24.1 Å². The van der Waals surface area contributed by atoms with Crippen LogP contribution in [-0.4, -0.2) is 23.7 Å². The molecule has 1 amide bonds. The number of amides is 1. The summed E-state index contributed by atoms with van der Waals surface area (Å²) in [5.74, 6) is -0.429. The summed E-state index contributed by atoms with van der Waals surface area (Å²) in [6.07, 6.45) is 5.45. The van der Waals surface area contributed by atoms with Crippen LogP contribution in [0.3, 0.4) is 0 Å². The molecule has 0 saturated carbocycles. The number of fused-ring (bicyclic) bond motifs is 1. The summed E-state index contributed by atoms with van der Waals surface area (Å²) >= 11 is 6.00. The van der Waals surface area contributed by atoms with E-state index in [9.17, 15) is 13.2 Å². The van der Waals surface area contributed by atoms with E-state index in [2.05, 4.69) is 10.3 Å². The van der Waals surface area contributed by atoms with Crippen LogP contribution in [0.1, 0.15) is 27.0 Å². The summed E-state index contributed by atoms with van der Waals surface area (Å²) < 4.78 is 27.5. The lowest BCUT2D eigenvalue weighted by atomic mass is 10.1. The van der Waals surface area contributed by atoms with E-state index < -0.39 is 9.84 Å². The zero-order valence-electron chi connectivity index (χ0n) is 16.7. The molecule has 0 aliphatic heterocycles. The molecule has 0 aliphatic rings. The highest BCUT2D eigenvalue weighted by molar-refractivity contribution is 7.90. The van der Waals surface area contributed by atoms with Crippen molar-refractivity contribution in [2.24, 2.45) is 0 Å². The zero-order chi connectivity index (χ0) is 22.0. The normalized spacial score (nSPS) is 11.5. The highest BCUT2D eigenvalue weighted by atomic mass is 35.5. The molecule has 158 valence electrons. The monoisotopic (exact) mass is 453 g/mol. The largest absolute Gasteiger partial charge is 0.348 e. The number of aryl methyl sites for hydroxylation is 1. The SMILES string of the molecule is Cc1ccc(Cl)cc1CS(=O)(=O)c1ccc(C(=O)NCc2ccc3nccn3c2)cc1. The Hall–Kier alpha value is -3.16. The van der Waals surface area contributed by atoms with Crippen LogP contribution in [0.15, 0.2) is 78.1 Å². The van der Waals surface area contributed by atoms with Gasteiger partial charge < -0.3 is 9.72 Å². The number of halogens is 1. The number of hydrogen-bond acceptors (Lipinski definition) is 4. The Morgan fingerprint density at radius 1 is 1.10 bits per heavy atom. The fraction of sp³-hybridized carbons (Fsp3) is 0.130. The number of aromatic nitrogens is 2. The fourth-order valence-electron chi connectivity index (χ4n) is 3.25. The predicted octanol–water partition coefficient (Wildman–Crippen LogP) is 4.20. The van der Waals surface area contributed by atoms with Gasteiger partial charge in [0, 0.05) is 35.7 Å². The van der Waals surface area contributed by atoms with E-state index in [1.165, 1.54) is 24.3 Å². The highest BCUT2D eigenvalue weighted by Crippen LogP contribution is 2.22. The number of benzene rings is 2. The second-order valence-electron chi connectivity index (χ2n) is 7.27. The molecule has 31 heavy (non-hydrogen) atoms. The van der Waals surface area contributed by atoms with Crippen LogP contribution >= 0.6 is 11.6 Å². The van der Waals surface area contributed by atoms with Crippen molar-refractivity contribution in [3.8, 4) is 0 Å². The third-order valence-corrected chi connectivity index (χ3v) is 6.95. The first-order valence-electron chi connectivity index (χ1n) is 9.59. The zero-order valence-corrected chi connectivity index (χ0v) is 18.3. The van der Waals surface area contributed by atoms with E-state index in [1.807, 2.05) is 35.9 Å². The molecule has 2 aromatic carbocycles. The summed E-state index contributed by atoms with van der Waals surface area (Å²) in [6, 6.07) is 14.9. The second-order valence-corrected chi connectivity index (χ2v) is 9.69. The first-order chi connectivity index (χ1) is 14.8. The standard InChI is InChI=1S/C23H20ClN3O3S/c1-16-2-6-20(24)12-19(16)15-31(29,30)21-7-4-18(5-8-21)23(28)26-13-17-3-9-22-25-10-11-27(22)14-17/h2-12,14H,13,15H2,1H3,(H,26,28). The summed E-state index contributed by atoms with van der Waals surface area (Å²) in [7, 11) is -3.56. The molecule has 8 heteroatoms. The van der Waals surface area contributed by atoms with Gasteiger partial charge in [-0.25, -0.2) is 13.4 Å². The molecule has 0 unspecified atom stereocenters. The number of nitrogens with zero attached hydrogens (tertiary/aromatic N) is 2. The summed E-state index contributed by atoms with van der Waals surface area (Å²) in [5, 5.41) is 3.34. The summed E-state index contributed by atoms with van der Waals surface area (Å²) in [6.45, 7) is 2.19. The van der Waals surface area contributed by atoms with Gasteiger partial charge in [0.1, 0.15) is 5.65 Å². The number of sulfone groups is 1. The molecule has 2 aromatic heterocycles. The molecule has 2 heterocycles. The Bertz CT molecular complexity index is 1360. The maximum Gasteiger partial charge on any atom is 0.251 e. The van der Waals surface area contributed by atoms with Crippen molar-refractivity contribution in [1.29, 1.82) is 0 Å². The van der Waals surface area contributed by atoms with Crippen LogP contribution in [0.25, 0.3) is 5.65 Å². The molecule has 0 fully saturated rings. The highest BCUT2D eigenvalue weighted by Gasteiger charge is 2.18. The number of carbonyl (C=O) groups is 1. The van der Waals surface area contributed by atoms with Crippen LogP contribution in [0.2, 0.25) is 5.02 Å². The molecule has 6 nitrogen and oxygen atoms in total. The summed E-state index contributed by atoms with van der Waals surface area (Å²) in [4.78, 5) is 16.8. The van der Waals surface area contributed by atoms with Crippen LogP contribution < -0.4 is 5.32 Å². The third-order valence-electron chi connectivity index (χ3n) is 5.04. The topological polar surface area (TPSA) is 80.5 Å². The number of carbonyl (C=O) groups excluding carboxylic acids is 1.